The molecular formula is C12H15Cl2N3O3. The van der Waals surface area contributed by atoms with Crippen LogP contribution in [0, 0.1) is 0 Å². The summed E-state index contributed by atoms with van der Waals surface area (Å²) in [6, 6.07) is 0.443. The molecule has 1 heterocycles. The van der Waals surface area contributed by atoms with Gasteiger partial charge in [0.1, 0.15) is 11.6 Å². The van der Waals surface area contributed by atoms with E-state index in [1.54, 1.807) is 20.8 Å². The highest BCUT2D eigenvalue weighted by molar-refractivity contribution is 6.34. The van der Waals surface area contributed by atoms with Crippen molar-refractivity contribution in [2.45, 2.75) is 39.3 Å². The van der Waals surface area contributed by atoms with Crippen LogP contribution in [-0.2, 0) is 9.53 Å². The molecule has 0 radical (unpaired) electrons. The van der Waals surface area contributed by atoms with Gasteiger partial charge in [-0.15, -0.1) is 10.2 Å². The zero-order valence-electron chi connectivity index (χ0n) is 11.5. The molecule has 1 N–H and O–H groups in total. The third-order valence-corrected chi connectivity index (χ3v) is 2.54. The molecule has 0 spiro atoms. The molecule has 6 nitrogen and oxygen atoms in total. The smallest absolute Gasteiger partial charge is 0.328 e. The predicted octanol–water partition coefficient (Wildman–Crippen LogP) is 2.24. The number of amides is 1. The molecule has 8 heteroatoms. The minimum atomic E-state index is -0.829. The number of esters is 1. The lowest BCUT2D eigenvalue weighted by Crippen LogP contribution is -2.42. The van der Waals surface area contributed by atoms with Gasteiger partial charge in [0, 0.05) is 0 Å². The minimum Gasteiger partial charge on any atom is -0.458 e. The molecule has 110 valence electrons. The number of nitrogens with one attached hydrogen (secondary N) is 1. The molecule has 20 heavy (non-hydrogen) atoms. The summed E-state index contributed by atoms with van der Waals surface area (Å²) in [7, 11) is 0. The standard InChI is InChI=1S/C12H15Cl2N3O3/c1-6(11(19)20-12(2,3)4)15-10(18)7-5-8(13)16-17-9(7)14/h5-6H,1-4H3,(H,15,18)/t6-/m1/s1. The first-order valence-corrected chi connectivity index (χ1v) is 6.58. The molecule has 0 bridgehead atoms. The van der Waals surface area contributed by atoms with Gasteiger partial charge in [-0.2, -0.15) is 0 Å². The summed E-state index contributed by atoms with van der Waals surface area (Å²) in [5.41, 5.74) is -0.586. The van der Waals surface area contributed by atoms with E-state index in [2.05, 4.69) is 15.5 Å². The van der Waals surface area contributed by atoms with Crippen LogP contribution in [0.15, 0.2) is 6.07 Å². The molecule has 0 unspecified atom stereocenters. The monoisotopic (exact) mass is 319 g/mol. The number of hydrogen-bond acceptors (Lipinski definition) is 5. The lowest BCUT2D eigenvalue weighted by molar-refractivity contribution is -0.156. The van der Waals surface area contributed by atoms with E-state index in [1.807, 2.05) is 0 Å². The first-order chi connectivity index (χ1) is 9.10. The van der Waals surface area contributed by atoms with Crippen LogP contribution in [0.4, 0.5) is 0 Å². The molecular weight excluding hydrogens is 305 g/mol. The van der Waals surface area contributed by atoms with Crippen molar-refractivity contribution in [3.05, 3.63) is 21.9 Å². The number of rotatable bonds is 3. The number of halogens is 2. The number of aromatic nitrogens is 2. The zero-order valence-corrected chi connectivity index (χ0v) is 13.0. The molecule has 1 aromatic rings. The Labute approximate surface area is 126 Å². The van der Waals surface area contributed by atoms with E-state index in [9.17, 15) is 9.59 Å². The molecule has 0 aliphatic rings. The molecule has 0 saturated heterocycles. The summed E-state index contributed by atoms with van der Waals surface area (Å²) in [5, 5.41) is 9.41. The van der Waals surface area contributed by atoms with Crippen LogP contribution in [-0.4, -0.2) is 33.7 Å². The van der Waals surface area contributed by atoms with Crippen LogP contribution in [0.3, 0.4) is 0 Å². The maximum atomic E-state index is 12.0. The van der Waals surface area contributed by atoms with Gasteiger partial charge in [0.25, 0.3) is 5.91 Å². The van der Waals surface area contributed by atoms with Crippen LogP contribution < -0.4 is 5.32 Å². The first-order valence-electron chi connectivity index (χ1n) is 5.82. The Morgan fingerprint density at radius 3 is 2.45 bits per heavy atom. The van der Waals surface area contributed by atoms with E-state index >= 15 is 0 Å². The van der Waals surface area contributed by atoms with Gasteiger partial charge in [0.05, 0.1) is 5.56 Å². The molecule has 0 saturated carbocycles. The quantitative estimate of drug-likeness (QED) is 0.864. The average Bonchev–Trinajstić information content (AvgIpc) is 2.29. The van der Waals surface area contributed by atoms with Gasteiger partial charge < -0.3 is 10.1 Å². The highest BCUT2D eigenvalue weighted by Gasteiger charge is 2.24. The van der Waals surface area contributed by atoms with Gasteiger partial charge in [0.2, 0.25) is 0 Å². The lowest BCUT2D eigenvalue weighted by atomic mass is 10.2. The fourth-order valence-corrected chi connectivity index (χ4v) is 1.56. The van der Waals surface area contributed by atoms with Gasteiger partial charge in [-0.25, -0.2) is 4.79 Å². The third kappa shape index (κ3) is 4.94. The Morgan fingerprint density at radius 1 is 1.30 bits per heavy atom. The summed E-state index contributed by atoms with van der Waals surface area (Å²) >= 11 is 11.4. The predicted molar refractivity (Wildman–Crippen MR) is 74.8 cm³/mol. The van der Waals surface area contributed by atoms with Crippen LogP contribution >= 0.6 is 23.2 Å². The van der Waals surface area contributed by atoms with Gasteiger partial charge in [0.15, 0.2) is 10.3 Å². The second-order valence-corrected chi connectivity index (χ2v) is 5.85. The van der Waals surface area contributed by atoms with E-state index in [4.69, 9.17) is 27.9 Å². The second kappa shape index (κ2) is 6.37. The minimum absolute atomic E-state index is 0.0319. The zero-order chi connectivity index (χ0) is 15.5. The number of ether oxygens (including phenoxy) is 1. The number of carbonyl (C=O) groups is 2. The van der Waals surface area contributed by atoms with E-state index in [0.29, 0.717) is 0 Å². The van der Waals surface area contributed by atoms with Gasteiger partial charge in [-0.3, -0.25) is 4.79 Å². The Bertz CT molecular complexity index is 529. The van der Waals surface area contributed by atoms with E-state index in [0.717, 1.165) is 0 Å². The number of nitrogens with zero attached hydrogens (tertiary/aromatic N) is 2. The molecule has 1 aromatic heterocycles. The fraction of sp³-hybridized carbons (Fsp3) is 0.500. The van der Waals surface area contributed by atoms with Crippen molar-refractivity contribution in [1.29, 1.82) is 0 Å². The van der Waals surface area contributed by atoms with E-state index in [1.165, 1.54) is 13.0 Å². The van der Waals surface area contributed by atoms with Crippen LogP contribution in [0.5, 0.6) is 0 Å². The van der Waals surface area contributed by atoms with Gasteiger partial charge >= 0.3 is 5.97 Å². The molecule has 1 atom stereocenters. The second-order valence-electron chi connectivity index (χ2n) is 5.10. The van der Waals surface area contributed by atoms with Crippen LogP contribution in [0.1, 0.15) is 38.1 Å². The Hall–Kier alpha value is -1.40. The summed E-state index contributed by atoms with van der Waals surface area (Å²) in [6.45, 7) is 6.73. The van der Waals surface area contributed by atoms with Crippen molar-refractivity contribution in [1.82, 2.24) is 15.5 Å². The van der Waals surface area contributed by atoms with Crippen molar-refractivity contribution in [3.8, 4) is 0 Å². The van der Waals surface area contributed by atoms with Crippen molar-refractivity contribution < 1.29 is 14.3 Å². The first kappa shape index (κ1) is 16.7. The maximum absolute atomic E-state index is 12.0. The van der Waals surface area contributed by atoms with Crippen molar-refractivity contribution in [3.63, 3.8) is 0 Å². The number of hydrogen-bond donors (Lipinski definition) is 1. The highest BCUT2D eigenvalue weighted by Crippen LogP contribution is 2.15. The molecule has 0 aliphatic heterocycles. The van der Waals surface area contributed by atoms with Crippen molar-refractivity contribution >= 4 is 35.1 Å². The van der Waals surface area contributed by atoms with E-state index in [-0.39, 0.29) is 15.9 Å². The lowest BCUT2D eigenvalue weighted by Gasteiger charge is -2.22. The normalized spacial score (nSPS) is 12.7. The molecule has 1 amide bonds. The highest BCUT2D eigenvalue weighted by atomic mass is 35.5. The maximum Gasteiger partial charge on any atom is 0.328 e. The molecule has 0 aliphatic carbocycles. The van der Waals surface area contributed by atoms with Crippen molar-refractivity contribution in [2.75, 3.05) is 0 Å². The molecule has 0 fully saturated rings. The Morgan fingerprint density at radius 2 is 1.90 bits per heavy atom. The molecule has 0 aromatic carbocycles. The fourth-order valence-electron chi connectivity index (χ4n) is 1.24. The Kier molecular flexibility index (Phi) is 5.30. The summed E-state index contributed by atoms with van der Waals surface area (Å²) in [6.07, 6.45) is 0. The summed E-state index contributed by atoms with van der Waals surface area (Å²) in [5.74, 6) is -1.12. The average molecular weight is 320 g/mol. The number of carbonyl (C=O) groups excluding carboxylic acids is 2. The van der Waals surface area contributed by atoms with Crippen molar-refractivity contribution in [2.24, 2.45) is 0 Å². The SMILES string of the molecule is C[C@@H](NC(=O)c1cc(Cl)nnc1Cl)C(=O)OC(C)(C)C. The van der Waals surface area contributed by atoms with E-state index < -0.39 is 23.5 Å². The molecule has 1 rings (SSSR count). The van der Waals surface area contributed by atoms with Gasteiger partial charge in [-0.1, -0.05) is 23.2 Å². The van der Waals surface area contributed by atoms with Crippen LogP contribution in [0.2, 0.25) is 10.3 Å². The Balaban J connectivity index is 2.75. The summed E-state index contributed by atoms with van der Waals surface area (Å²) < 4.78 is 5.15. The largest absolute Gasteiger partial charge is 0.458 e. The summed E-state index contributed by atoms with van der Waals surface area (Å²) in [4.78, 5) is 23.7. The van der Waals surface area contributed by atoms with Gasteiger partial charge in [-0.05, 0) is 33.8 Å². The topological polar surface area (TPSA) is 81.2 Å². The van der Waals surface area contributed by atoms with Crippen LogP contribution in [0.25, 0.3) is 0 Å². The third-order valence-electron chi connectivity index (χ3n) is 2.07.